The van der Waals surface area contributed by atoms with Gasteiger partial charge >= 0.3 is 0 Å². The van der Waals surface area contributed by atoms with Crippen molar-refractivity contribution in [2.45, 2.75) is 50.9 Å². The Morgan fingerprint density at radius 1 is 0.692 bits per heavy atom. The summed E-state index contributed by atoms with van der Waals surface area (Å²) in [6, 6.07) is 0. The average molecular weight is 399 g/mol. The summed E-state index contributed by atoms with van der Waals surface area (Å²) in [7, 11) is -2.40. The van der Waals surface area contributed by atoms with Gasteiger partial charge in [0.2, 0.25) is 17.8 Å². The summed E-state index contributed by atoms with van der Waals surface area (Å²) in [5.74, 6) is 1.64. The SMILES string of the molecule is C[Si](C)(C)C(CCNc1nc(NCCN)nc(NCCN)n1)[Si](C)(C)C. The zero-order chi connectivity index (χ0) is 19.8. The van der Waals surface area contributed by atoms with E-state index in [-0.39, 0.29) is 0 Å². The second-order valence-corrected chi connectivity index (χ2v) is 20.2. The van der Waals surface area contributed by atoms with Gasteiger partial charge in [0.25, 0.3) is 0 Å². The molecule has 0 saturated carbocycles. The molecule has 1 rings (SSSR count). The Bertz CT molecular complexity index is 502. The van der Waals surface area contributed by atoms with Crippen molar-refractivity contribution < 1.29 is 0 Å². The highest BCUT2D eigenvalue weighted by Gasteiger charge is 2.36. The fourth-order valence-electron chi connectivity index (χ4n) is 3.47. The van der Waals surface area contributed by atoms with Crippen molar-refractivity contribution in [2.75, 3.05) is 48.7 Å². The number of anilines is 3. The molecule has 7 N–H and O–H groups in total. The Balaban J connectivity index is 2.80. The lowest BCUT2D eigenvalue weighted by Gasteiger charge is -2.38. The molecule has 0 aliphatic rings. The van der Waals surface area contributed by atoms with E-state index in [9.17, 15) is 0 Å². The smallest absolute Gasteiger partial charge is 0.229 e. The molecule has 1 aromatic heterocycles. The number of rotatable bonds is 12. The third kappa shape index (κ3) is 7.98. The minimum absolute atomic E-state index is 0.522. The molecule has 0 unspecified atom stereocenters. The fraction of sp³-hybridized carbons (Fsp3) is 0.812. The summed E-state index contributed by atoms with van der Waals surface area (Å²) >= 11 is 0. The highest BCUT2D eigenvalue weighted by atomic mass is 28.4. The van der Waals surface area contributed by atoms with Crippen LogP contribution in [0.4, 0.5) is 17.8 Å². The van der Waals surface area contributed by atoms with Crippen molar-refractivity contribution in [3.8, 4) is 0 Å². The van der Waals surface area contributed by atoms with E-state index in [4.69, 9.17) is 11.5 Å². The van der Waals surface area contributed by atoms with E-state index in [1.165, 1.54) is 0 Å². The second kappa shape index (κ2) is 10.2. The molecule has 0 atom stereocenters. The van der Waals surface area contributed by atoms with Gasteiger partial charge in [-0.25, -0.2) is 0 Å². The molecule has 0 radical (unpaired) electrons. The van der Waals surface area contributed by atoms with Crippen LogP contribution >= 0.6 is 0 Å². The Labute approximate surface area is 160 Å². The van der Waals surface area contributed by atoms with Crippen LogP contribution in [-0.4, -0.2) is 63.8 Å². The Morgan fingerprint density at radius 2 is 1.04 bits per heavy atom. The molecule has 1 aromatic rings. The van der Waals surface area contributed by atoms with Crippen LogP contribution in [0.2, 0.25) is 44.4 Å². The first-order valence-corrected chi connectivity index (χ1v) is 16.6. The summed E-state index contributed by atoms with van der Waals surface area (Å²) in [6.45, 7) is 18.0. The lowest BCUT2D eigenvalue weighted by molar-refractivity contribution is 0.866. The topological polar surface area (TPSA) is 127 Å². The molecule has 0 amide bonds. The monoisotopic (exact) mass is 398 g/mol. The van der Waals surface area contributed by atoms with Crippen LogP contribution in [0.25, 0.3) is 0 Å². The third-order valence-corrected chi connectivity index (χ3v) is 14.3. The van der Waals surface area contributed by atoms with E-state index in [0.29, 0.717) is 44.0 Å². The van der Waals surface area contributed by atoms with Crippen molar-refractivity contribution >= 4 is 34.0 Å². The zero-order valence-corrected chi connectivity index (χ0v) is 19.3. The first kappa shape index (κ1) is 22.8. The molecule has 10 heteroatoms. The maximum absolute atomic E-state index is 5.55. The first-order valence-electron chi connectivity index (χ1n) is 9.45. The van der Waals surface area contributed by atoms with E-state index < -0.39 is 16.1 Å². The van der Waals surface area contributed by atoms with Crippen molar-refractivity contribution in [3.63, 3.8) is 0 Å². The molecule has 0 bridgehead atoms. The third-order valence-electron chi connectivity index (χ3n) is 4.30. The highest BCUT2D eigenvalue weighted by molar-refractivity contribution is 6.96. The maximum atomic E-state index is 5.55. The molecule has 0 saturated heterocycles. The van der Waals surface area contributed by atoms with Crippen molar-refractivity contribution in [1.82, 2.24) is 15.0 Å². The quantitative estimate of drug-likeness (QED) is 0.338. The predicted octanol–water partition coefficient (Wildman–Crippen LogP) is 2.00. The molecule has 150 valence electrons. The van der Waals surface area contributed by atoms with Crippen LogP contribution in [0.1, 0.15) is 6.42 Å². The molecule has 0 aliphatic carbocycles. The Hall–Kier alpha value is -1.24. The van der Waals surface area contributed by atoms with Crippen LogP contribution in [0.15, 0.2) is 0 Å². The van der Waals surface area contributed by atoms with E-state index in [2.05, 4.69) is 70.2 Å². The maximum Gasteiger partial charge on any atom is 0.229 e. The molecule has 0 spiro atoms. The number of nitrogens with one attached hydrogen (secondary N) is 3. The van der Waals surface area contributed by atoms with Crippen LogP contribution in [0, 0.1) is 0 Å². The molecular formula is C16H38N8Si2. The van der Waals surface area contributed by atoms with Gasteiger partial charge in [0, 0.05) is 48.9 Å². The zero-order valence-electron chi connectivity index (χ0n) is 17.3. The molecule has 1 heterocycles. The van der Waals surface area contributed by atoms with Crippen LogP contribution in [0.5, 0.6) is 0 Å². The van der Waals surface area contributed by atoms with Gasteiger partial charge in [-0.1, -0.05) is 39.3 Å². The molecule has 0 fully saturated rings. The lowest BCUT2D eigenvalue weighted by Crippen LogP contribution is -2.44. The van der Waals surface area contributed by atoms with E-state index in [1.54, 1.807) is 0 Å². The summed E-state index contributed by atoms with van der Waals surface area (Å²) in [5, 5.41) is 10.5. The fourth-order valence-corrected chi connectivity index (χ4v) is 15.9. The van der Waals surface area contributed by atoms with E-state index in [0.717, 1.165) is 18.1 Å². The van der Waals surface area contributed by atoms with Crippen molar-refractivity contribution in [2.24, 2.45) is 11.5 Å². The summed E-state index contributed by atoms with van der Waals surface area (Å²) in [6.07, 6.45) is 1.16. The lowest BCUT2D eigenvalue weighted by atomic mass is 10.5. The molecule has 8 nitrogen and oxygen atoms in total. The largest absolute Gasteiger partial charge is 0.354 e. The van der Waals surface area contributed by atoms with Gasteiger partial charge in [0.05, 0.1) is 0 Å². The number of nitrogens with zero attached hydrogens (tertiary/aromatic N) is 3. The number of hydrogen-bond acceptors (Lipinski definition) is 8. The normalized spacial score (nSPS) is 12.3. The van der Waals surface area contributed by atoms with Crippen LogP contribution in [-0.2, 0) is 0 Å². The van der Waals surface area contributed by atoms with Crippen molar-refractivity contribution in [3.05, 3.63) is 0 Å². The van der Waals surface area contributed by atoms with E-state index >= 15 is 0 Å². The number of aromatic nitrogens is 3. The predicted molar refractivity (Wildman–Crippen MR) is 118 cm³/mol. The molecular weight excluding hydrogens is 360 g/mol. The van der Waals surface area contributed by atoms with Gasteiger partial charge in [-0.15, -0.1) is 0 Å². The van der Waals surface area contributed by atoms with E-state index in [1.807, 2.05) is 0 Å². The highest BCUT2D eigenvalue weighted by Crippen LogP contribution is 2.34. The van der Waals surface area contributed by atoms with Gasteiger partial charge in [0.15, 0.2) is 0 Å². The average Bonchev–Trinajstić information content (AvgIpc) is 2.52. The van der Waals surface area contributed by atoms with Crippen LogP contribution in [0.3, 0.4) is 0 Å². The summed E-state index contributed by atoms with van der Waals surface area (Å²) < 4.78 is 0. The summed E-state index contributed by atoms with van der Waals surface area (Å²) in [5.41, 5.74) is 11.1. The van der Waals surface area contributed by atoms with Gasteiger partial charge in [0.1, 0.15) is 0 Å². The minimum Gasteiger partial charge on any atom is -0.354 e. The Morgan fingerprint density at radius 3 is 1.35 bits per heavy atom. The van der Waals surface area contributed by atoms with Gasteiger partial charge in [-0.2, -0.15) is 15.0 Å². The Kier molecular flexibility index (Phi) is 8.94. The van der Waals surface area contributed by atoms with Gasteiger partial charge in [-0.05, 0) is 11.6 Å². The van der Waals surface area contributed by atoms with Crippen LogP contribution < -0.4 is 27.4 Å². The van der Waals surface area contributed by atoms with Crippen molar-refractivity contribution in [1.29, 1.82) is 0 Å². The van der Waals surface area contributed by atoms with Gasteiger partial charge < -0.3 is 27.4 Å². The molecule has 0 aromatic carbocycles. The first-order chi connectivity index (χ1) is 12.1. The standard InChI is InChI=1S/C16H38N8Si2/c1-25(2,3)13(26(4,5)6)7-10-19-14-22-15(20-11-8-17)24-16(23-14)21-12-9-18/h13H,7-12,17-18H2,1-6H3,(H3,19,20,21,22,23,24). The molecule has 26 heavy (non-hydrogen) atoms. The molecule has 0 aliphatic heterocycles. The number of nitrogens with two attached hydrogens (primary N) is 2. The number of hydrogen-bond donors (Lipinski definition) is 5. The summed E-state index contributed by atoms with van der Waals surface area (Å²) in [4.78, 5) is 13.3. The second-order valence-electron chi connectivity index (χ2n) is 8.74. The van der Waals surface area contributed by atoms with Gasteiger partial charge in [-0.3, -0.25) is 0 Å². The minimum atomic E-state index is -1.20.